The zero-order valence-electron chi connectivity index (χ0n) is 18.6. The van der Waals surface area contributed by atoms with Gasteiger partial charge in [0.2, 0.25) is 6.79 Å². The summed E-state index contributed by atoms with van der Waals surface area (Å²) in [6.07, 6.45) is 0. The Morgan fingerprint density at radius 2 is 1.69 bits per heavy atom. The fourth-order valence-corrected chi connectivity index (χ4v) is 5.14. The van der Waals surface area contributed by atoms with E-state index >= 15 is 0 Å². The smallest absolute Gasteiger partial charge is 0.282 e. The van der Waals surface area contributed by atoms with Crippen molar-refractivity contribution in [3.8, 4) is 11.5 Å². The molecule has 1 fully saturated rings. The standard InChI is InChI=1S/C25H16ClN3O7/c1-12-15(26)5-3-6-16(12)27-21(13-8-9-18-19(10-13)36-11-35-18)22(25(27)32)28-23(30)14-4-2-7-17(29(33)34)20(14)24(28)31/h2-10,21-22H,11H2,1H3/t21-,22-/m1/s1. The van der Waals surface area contributed by atoms with Gasteiger partial charge in [-0.05, 0) is 48.4 Å². The van der Waals surface area contributed by atoms with Crippen LogP contribution in [0.4, 0.5) is 11.4 Å². The molecule has 0 aliphatic carbocycles. The second-order valence-electron chi connectivity index (χ2n) is 8.53. The number of amides is 3. The average molecular weight is 506 g/mol. The predicted octanol–water partition coefficient (Wildman–Crippen LogP) is 4.04. The number of halogens is 1. The van der Waals surface area contributed by atoms with E-state index < -0.39 is 40.4 Å². The van der Waals surface area contributed by atoms with Crippen LogP contribution in [0.2, 0.25) is 5.02 Å². The van der Waals surface area contributed by atoms with Crippen molar-refractivity contribution < 1.29 is 28.8 Å². The first-order valence-electron chi connectivity index (χ1n) is 10.9. The zero-order valence-corrected chi connectivity index (χ0v) is 19.4. The van der Waals surface area contributed by atoms with Crippen LogP contribution >= 0.6 is 11.6 Å². The van der Waals surface area contributed by atoms with Crippen molar-refractivity contribution in [2.45, 2.75) is 19.0 Å². The van der Waals surface area contributed by atoms with Crippen LogP contribution in [-0.4, -0.2) is 40.4 Å². The molecule has 3 aliphatic rings. The maximum atomic E-state index is 13.6. The van der Waals surface area contributed by atoms with Gasteiger partial charge in [0, 0.05) is 16.8 Å². The minimum absolute atomic E-state index is 0.0466. The number of β-lactam (4-membered cyclic amide) rings is 1. The fourth-order valence-electron chi connectivity index (χ4n) is 4.97. The van der Waals surface area contributed by atoms with Crippen LogP contribution in [0.1, 0.15) is 37.9 Å². The number of nitro benzene ring substituents is 1. The molecule has 11 heteroatoms. The second-order valence-corrected chi connectivity index (χ2v) is 8.94. The van der Waals surface area contributed by atoms with E-state index in [-0.39, 0.29) is 17.9 Å². The molecule has 180 valence electrons. The van der Waals surface area contributed by atoms with E-state index in [0.717, 1.165) is 11.0 Å². The Morgan fingerprint density at radius 3 is 2.47 bits per heavy atom. The molecule has 0 spiro atoms. The molecular formula is C25H16ClN3O7. The van der Waals surface area contributed by atoms with Gasteiger partial charge in [0.15, 0.2) is 11.5 Å². The largest absolute Gasteiger partial charge is 0.454 e. The number of anilines is 1. The average Bonchev–Trinajstić information content (AvgIpc) is 3.43. The van der Waals surface area contributed by atoms with Crippen LogP contribution in [-0.2, 0) is 4.79 Å². The monoisotopic (exact) mass is 505 g/mol. The Morgan fingerprint density at radius 1 is 0.944 bits per heavy atom. The molecule has 3 aliphatic heterocycles. The minimum atomic E-state index is -1.23. The first kappa shape index (κ1) is 22.1. The maximum absolute atomic E-state index is 13.6. The summed E-state index contributed by atoms with van der Waals surface area (Å²) < 4.78 is 10.9. The van der Waals surface area contributed by atoms with Crippen molar-refractivity contribution in [1.82, 2.24) is 4.90 Å². The molecule has 0 unspecified atom stereocenters. The summed E-state index contributed by atoms with van der Waals surface area (Å²) in [6, 6.07) is 12.1. The molecule has 3 amide bonds. The number of hydrogen-bond donors (Lipinski definition) is 0. The number of rotatable bonds is 4. The van der Waals surface area contributed by atoms with Gasteiger partial charge < -0.3 is 14.4 Å². The van der Waals surface area contributed by atoms with Crippen molar-refractivity contribution in [2.75, 3.05) is 11.7 Å². The van der Waals surface area contributed by atoms with E-state index in [1.54, 1.807) is 43.3 Å². The number of nitrogens with zero attached hydrogens (tertiary/aromatic N) is 3. The Hall–Kier alpha value is -4.44. The molecule has 3 heterocycles. The van der Waals surface area contributed by atoms with E-state index in [4.69, 9.17) is 21.1 Å². The molecule has 36 heavy (non-hydrogen) atoms. The van der Waals surface area contributed by atoms with Crippen molar-refractivity contribution in [2.24, 2.45) is 0 Å². The molecule has 0 saturated carbocycles. The lowest BCUT2D eigenvalue weighted by Crippen LogP contribution is -2.67. The van der Waals surface area contributed by atoms with Crippen molar-refractivity contribution in [3.63, 3.8) is 0 Å². The molecule has 0 bridgehead atoms. The highest BCUT2D eigenvalue weighted by molar-refractivity contribution is 6.32. The van der Waals surface area contributed by atoms with Gasteiger partial charge >= 0.3 is 0 Å². The van der Waals surface area contributed by atoms with Crippen molar-refractivity contribution >= 4 is 40.7 Å². The normalized spacial score (nSPS) is 20.0. The van der Waals surface area contributed by atoms with Crippen molar-refractivity contribution in [3.05, 3.63) is 92.0 Å². The van der Waals surface area contributed by atoms with Crippen molar-refractivity contribution in [1.29, 1.82) is 0 Å². The van der Waals surface area contributed by atoms with Gasteiger partial charge in [-0.25, -0.2) is 0 Å². The van der Waals surface area contributed by atoms with Crippen LogP contribution in [0, 0.1) is 17.0 Å². The first-order chi connectivity index (χ1) is 17.3. The molecule has 10 nitrogen and oxygen atoms in total. The summed E-state index contributed by atoms with van der Waals surface area (Å²) in [4.78, 5) is 53.5. The third-order valence-corrected chi connectivity index (χ3v) is 7.11. The first-order valence-corrected chi connectivity index (χ1v) is 11.3. The highest BCUT2D eigenvalue weighted by Gasteiger charge is 2.58. The van der Waals surface area contributed by atoms with Gasteiger partial charge in [-0.2, -0.15) is 0 Å². The predicted molar refractivity (Wildman–Crippen MR) is 126 cm³/mol. The topological polar surface area (TPSA) is 119 Å². The number of carbonyl (C=O) groups is 3. The Bertz CT molecular complexity index is 1520. The van der Waals surface area contributed by atoms with Crippen LogP contribution in [0.5, 0.6) is 11.5 Å². The van der Waals surface area contributed by atoms with Gasteiger partial charge in [-0.1, -0.05) is 29.8 Å². The molecule has 0 N–H and O–H groups in total. The molecule has 3 aromatic rings. The van der Waals surface area contributed by atoms with E-state index in [1.807, 2.05) is 0 Å². The maximum Gasteiger partial charge on any atom is 0.282 e. The number of benzene rings is 3. The number of carbonyl (C=O) groups excluding carboxylic acids is 3. The van der Waals surface area contributed by atoms with E-state index in [1.165, 1.54) is 17.0 Å². The van der Waals surface area contributed by atoms with Crippen LogP contribution < -0.4 is 14.4 Å². The number of hydrogen-bond acceptors (Lipinski definition) is 7. The van der Waals surface area contributed by atoms with Crippen LogP contribution in [0.25, 0.3) is 0 Å². The Labute approximate surface area is 208 Å². The van der Waals surface area contributed by atoms with Gasteiger partial charge in [-0.15, -0.1) is 0 Å². The van der Waals surface area contributed by atoms with Gasteiger partial charge in [0.1, 0.15) is 11.6 Å². The SMILES string of the molecule is Cc1c(Cl)cccc1N1C(=O)[C@H](N2C(=O)c3cccc([N+](=O)[O-])c3C2=O)[C@H]1c1ccc2c(c1)OCO2. The van der Waals surface area contributed by atoms with E-state index in [2.05, 4.69) is 0 Å². The molecule has 3 aromatic carbocycles. The Balaban J connectivity index is 1.48. The number of ether oxygens (including phenoxy) is 2. The number of fused-ring (bicyclic) bond motifs is 2. The zero-order chi connectivity index (χ0) is 25.3. The summed E-state index contributed by atoms with van der Waals surface area (Å²) in [5.41, 5.74) is 0.853. The molecular weight excluding hydrogens is 490 g/mol. The summed E-state index contributed by atoms with van der Waals surface area (Å²) in [5.74, 6) is -1.16. The number of nitro groups is 1. The number of imide groups is 1. The molecule has 1 saturated heterocycles. The summed E-state index contributed by atoms with van der Waals surface area (Å²) in [5, 5.41) is 12.0. The third-order valence-electron chi connectivity index (χ3n) is 6.70. The molecule has 0 aromatic heterocycles. The molecule has 6 rings (SSSR count). The summed E-state index contributed by atoms with van der Waals surface area (Å²) in [7, 11) is 0. The molecule has 0 radical (unpaired) electrons. The highest BCUT2D eigenvalue weighted by atomic mass is 35.5. The lowest BCUT2D eigenvalue weighted by Gasteiger charge is -2.50. The van der Waals surface area contributed by atoms with Crippen LogP contribution in [0.15, 0.2) is 54.6 Å². The van der Waals surface area contributed by atoms with Crippen LogP contribution in [0.3, 0.4) is 0 Å². The van der Waals surface area contributed by atoms with Gasteiger partial charge in [0.25, 0.3) is 23.4 Å². The summed E-state index contributed by atoms with van der Waals surface area (Å²) in [6.45, 7) is 1.81. The Kier molecular flexibility index (Phi) is 4.77. The highest BCUT2D eigenvalue weighted by Crippen LogP contribution is 2.48. The van der Waals surface area contributed by atoms with Gasteiger partial charge in [0.05, 0.1) is 16.5 Å². The fraction of sp³-hybridized carbons (Fsp3) is 0.160. The second kappa shape index (κ2) is 7.79. The lowest BCUT2D eigenvalue weighted by atomic mass is 9.85. The summed E-state index contributed by atoms with van der Waals surface area (Å²) >= 11 is 6.32. The minimum Gasteiger partial charge on any atom is -0.454 e. The lowest BCUT2D eigenvalue weighted by molar-refractivity contribution is -0.385. The third kappa shape index (κ3) is 2.94. The van der Waals surface area contributed by atoms with E-state index in [0.29, 0.717) is 33.3 Å². The molecule has 2 atom stereocenters. The van der Waals surface area contributed by atoms with Gasteiger partial charge in [-0.3, -0.25) is 29.4 Å². The quantitative estimate of drug-likeness (QED) is 0.227. The van der Waals surface area contributed by atoms with E-state index in [9.17, 15) is 24.5 Å².